The predicted octanol–water partition coefficient (Wildman–Crippen LogP) is 2.92. The summed E-state index contributed by atoms with van der Waals surface area (Å²) in [4.78, 5) is 0. The minimum Gasteiger partial charge on any atom is -0.350 e. The molecule has 2 nitrogen and oxygen atoms in total. The maximum Gasteiger partial charge on any atom is 0.159 e. The summed E-state index contributed by atoms with van der Waals surface area (Å²) in [5.74, 6) is 1.09. The lowest BCUT2D eigenvalue weighted by Gasteiger charge is -2.22. The van der Waals surface area contributed by atoms with Gasteiger partial charge in [-0.25, -0.2) is 0 Å². The molecule has 0 spiro atoms. The first-order valence-corrected chi connectivity index (χ1v) is 6.25. The Morgan fingerprint density at radius 3 is 1.77 bits per heavy atom. The van der Waals surface area contributed by atoms with Crippen molar-refractivity contribution in [3.8, 4) is 0 Å². The number of hydrogen-bond donors (Lipinski definition) is 0. The second-order valence-corrected chi connectivity index (χ2v) is 4.57. The van der Waals surface area contributed by atoms with Gasteiger partial charge in [-0.3, -0.25) is 0 Å². The van der Waals surface area contributed by atoms with Crippen molar-refractivity contribution >= 4 is 11.8 Å². The van der Waals surface area contributed by atoms with Gasteiger partial charge in [-0.1, -0.05) is 0 Å². The average molecular weight is 206 g/mol. The number of hydrogen-bond acceptors (Lipinski definition) is 3. The van der Waals surface area contributed by atoms with Crippen molar-refractivity contribution in [1.29, 1.82) is 0 Å². The Hall–Kier alpha value is 0.270. The Bertz CT molecular complexity index is 105. The van der Waals surface area contributed by atoms with Crippen LogP contribution in [0.5, 0.6) is 0 Å². The van der Waals surface area contributed by atoms with E-state index in [-0.39, 0.29) is 18.5 Å². The van der Waals surface area contributed by atoms with Crippen LogP contribution in [0.3, 0.4) is 0 Å². The fourth-order valence-electron chi connectivity index (χ4n) is 0.989. The normalized spacial score (nSPS) is 12.0. The second kappa shape index (κ2) is 7.65. The Balaban J connectivity index is 3.73. The molecule has 0 N–H and O–H groups in total. The van der Waals surface area contributed by atoms with E-state index in [2.05, 4.69) is 6.26 Å². The highest BCUT2D eigenvalue weighted by atomic mass is 32.2. The third-order valence-corrected chi connectivity index (χ3v) is 2.05. The van der Waals surface area contributed by atoms with Crippen LogP contribution in [0.4, 0.5) is 0 Å². The number of rotatable bonds is 7. The van der Waals surface area contributed by atoms with Gasteiger partial charge < -0.3 is 9.47 Å². The molecular formula is C10H22O2S. The first kappa shape index (κ1) is 13.3. The minimum atomic E-state index is -0.0348. The molecule has 0 heterocycles. The molecule has 0 saturated carbocycles. The third-order valence-electron chi connectivity index (χ3n) is 1.41. The van der Waals surface area contributed by atoms with Gasteiger partial charge in [0.15, 0.2) is 6.29 Å². The van der Waals surface area contributed by atoms with Crippen LogP contribution in [0, 0.1) is 0 Å². The quantitative estimate of drug-likeness (QED) is 0.597. The van der Waals surface area contributed by atoms with Gasteiger partial charge in [0.05, 0.1) is 12.2 Å². The molecule has 13 heavy (non-hydrogen) atoms. The van der Waals surface area contributed by atoms with Crippen molar-refractivity contribution in [2.45, 2.75) is 52.6 Å². The van der Waals surface area contributed by atoms with Crippen molar-refractivity contribution in [1.82, 2.24) is 0 Å². The fraction of sp³-hybridized carbons (Fsp3) is 1.00. The third kappa shape index (κ3) is 8.60. The van der Waals surface area contributed by atoms with Crippen LogP contribution in [0.2, 0.25) is 0 Å². The molecule has 0 radical (unpaired) electrons. The van der Waals surface area contributed by atoms with Crippen LogP contribution < -0.4 is 0 Å². The zero-order valence-electron chi connectivity index (χ0n) is 9.37. The second-order valence-electron chi connectivity index (χ2n) is 3.58. The molecule has 0 aromatic heterocycles. The Morgan fingerprint density at radius 2 is 1.46 bits per heavy atom. The SMILES string of the molecule is CSCCC(OC(C)C)OC(C)C. The van der Waals surface area contributed by atoms with E-state index >= 15 is 0 Å². The Labute approximate surface area is 86.4 Å². The molecule has 0 aromatic carbocycles. The summed E-state index contributed by atoms with van der Waals surface area (Å²) in [5, 5.41) is 0. The topological polar surface area (TPSA) is 18.5 Å². The summed E-state index contributed by atoms with van der Waals surface area (Å²) in [5.41, 5.74) is 0. The van der Waals surface area contributed by atoms with E-state index in [1.807, 2.05) is 39.5 Å². The largest absolute Gasteiger partial charge is 0.350 e. The van der Waals surface area contributed by atoms with Crippen molar-refractivity contribution in [3.05, 3.63) is 0 Å². The van der Waals surface area contributed by atoms with Crippen molar-refractivity contribution in [2.24, 2.45) is 0 Å². The molecule has 0 unspecified atom stereocenters. The van der Waals surface area contributed by atoms with E-state index < -0.39 is 0 Å². The summed E-state index contributed by atoms with van der Waals surface area (Å²) in [6.07, 6.45) is 3.52. The first-order valence-electron chi connectivity index (χ1n) is 4.86. The van der Waals surface area contributed by atoms with Gasteiger partial charge in [0, 0.05) is 6.42 Å². The molecular weight excluding hydrogens is 184 g/mol. The fourth-order valence-corrected chi connectivity index (χ4v) is 1.42. The number of thioether (sulfide) groups is 1. The summed E-state index contributed by atoms with van der Waals surface area (Å²) in [7, 11) is 0. The van der Waals surface area contributed by atoms with Gasteiger partial charge in [0.25, 0.3) is 0 Å². The van der Waals surface area contributed by atoms with E-state index in [0.717, 1.165) is 12.2 Å². The lowest BCUT2D eigenvalue weighted by molar-refractivity contribution is -0.180. The average Bonchev–Trinajstić information content (AvgIpc) is 1.98. The van der Waals surface area contributed by atoms with E-state index in [1.165, 1.54) is 0 Å². The lowest BCUT2D eigenvalue weighted by atomic mass is 10.4. The van der Waals surface area contributed by atoms with Crippen LogP contribution in [-0.4, -0.2) is 30.5 Å². The van der Waals surface area contributed by atoms with E-state index in [4.69, 9.17) is 9.47 Å². The highest BCUT2D eigenvalue weighted by Gasteiger charge is 2.12. The molecule has 80 valence electrons. The van der Waals surface area contributed by atoms with Crippen LogP contribution in [0.1, 0.15) is 34.1 Å². The van der Waals surface area contributed by atoms with Gasteiger partial charge in [-0.2, -0.15) is 11.8 Å². The molecule has 0 atom stereocenters. The van der Waals surface area contributed by atoms with Crippen LogP contribution in [0.15, 0.2) is 0 Å². The van der Waals surface area contributed by atoms with E-state index in [1.54, 1.807) is 0 Å². The molecule has 0 aromatic rings. The maximum atomic E-state index is 5.63. The van der Waals surface area contributed by atoms with Gasteiger partial charge >= 0.3 is 0 Å². The Kier molecular flexibility index (Phi) is 7.81. The lowest BCUT2D eigenvalue weighted by Crippen LogP contribution is -2.25. The molecule has 0 saturated heterocycles. The monoisotopic (exact) mass is 206 g/mol. The molecule has 3 heteroatoms. The number of ether oxygens (including phenoxy) is 2. The highest BCUT2D eigenvalue weighted by molar-refractivity contribution is 7.98. The summed E-state index contributed by atoms with van der Waals surface area (Å²) in [6, 6.07) is 0. The van der Waals surface area contributed by atoms with Crippen LogP contribution in [-0.2, 0) is 9.47 Å². The summed E-state index contributed by atoms with van der Waals surface area (Å²) < 4.78 is 11.3. The first-order chi connectivity index (χ1) is 6.06. The molecule has 0 aliphatic rings. The van der Waals surface area contributed by atoms with E-state index in [9.17, 15) is 0 Å². The van der Waals surface area contributed by atoms with Crippen LogP contribution >= 0.6 is 11.8 Å². The van der Waals surface area contributed by atoms with Gasteiger partial charge in [-0.15, -0.1) is 0 Å². The van der Waals surface area contributed by atoms with Gasteiger partial charge in [0.2, 0.25) is 0 Å². The smallest absolute Gasteiger partial charge is 0.159 e. The molecule has 0 fully saturated rings. The molecule has 0 bridgehead atoms. The predicted molar refractivity (Wildman–Crippen MR) is 59.2 cm³/mol. The van der Waals surface area contributed by atoms with Crippen molar-refractivity contribution in [2.75, 3.05) is 12.0 Å². The maximum absolute atomic E-state index is 5.63. The Morgan fingerprint density at radius 1 is 1.00 bits per heavy atom. The van der Waals surface area contributed by atoms with Crippen molar-refractivity contribution in [3.63, 3.8) is 0 Å². The minimum absolute atomic E-state index is 0.0348. The zero-order valence-corrected chi connectivity index (χ0v) is 10.2. The molecule has 0 amide bonds. The van der Waals surface area contributed by atoms with Crippen molar-refractivity contribution < 1.29 is 9.47 Å². The molecule has 0 rings (SSSR count). The van der Waals surface area contributed by atoms with E-state index in [0.29, 0.717) is 0 Å². The summed E-state index contributed by atoms with van der Waals surface area (Å²) in [6.45, 7) is 8.15. The molecule has 0 aliphatic carbocycles. The molecule has 0 aliphatic heterocycles. The standard InChI is InChI=1S/C10H22O2S/c1-8(2)11-10(6-7-13-5)12-9(3)4/h8-10H,6-7H2,1-5H3. The van der Waals surface area contributed by atoms with Gasteiger partial charge in [-0.05, 0) is 39.7 Å². The summed E-state index contributed by atoms with van der Waals surface area (Å²) >= 11 is 1.82. The zero-order chi connectivity index (χ0) is 10.3. The van der Waals surface area contributed by atoms with Gasteiger partial charge in [0.1, 0.15) is 0 Å². The van der Waals surface area contributed by atoms with Crippen LogP contribution in [0.25, 0.3) is 0 Å². The highest BCUT2D eigenvalue weighted by Crippen LogP contribution is 2.10.